The molecule has 15 heavy (non-hydrogen) atoms. The van der Waals surface area contributed by atoms with Gasteiger partial charge in [0.2, 0.25) is 0 Å². The summed E-state index contributed by atoms with van der Waals surface area (Å²) in [6.07, 6.45) is -2.61. The average Bonchev–Trinajstić information content (AvgIpc) is 2.11. The van der Waals surface area contributed by atoms with Crippen LogP contribution in [0.25, 0.3) is 0 Å². The molecule has 1 N–H and O–H groups in total. The number of hydrogen-bond donors (Lipinski definition) is 1. The van der Waals surface area contributed by atoms with Crippen LogP contribution in [0.3, 0.4) is 0 Å². The third-order valence-electron chi connectivity index (χ3n) is 1.82. The van der Waals surface area contributed by atoms with E-state index in [1.54, 1.807) is 0 Å². The van der Waals surface area contributed by atoms with Gasteiger partial charge in [0.1, 0.15) is 11.9 Å². The van der Waals surface area contributed by atoms with E-state index < -0.39 is 23.7 Å². The maximum Gasteiger partial charge on any atom is 0.347 e. The van der Waals surface area contributed by atoms with Crippen LogP contribution in [-0.2, 0) is 6.42 Å². The zero-order valence-electron chi connectivity index (χ0n) is 7.35. The predicted octanol–water partition coefficient (Wildman–Crippen LogP) is 3.21. The molecule has 0 radical (unpaired) electrons. The van der Waals surface area contributed by atoms with Gasteiger partial charge in [-0.3, -0.25) is 0 Å². The molecule has 0 bridgehead atoms. The van der Waals surface area contributed by atoms with E-state index in [1.165, 1.54) is 12.1 Å². The van der Waals surface area contributed by atoms with Gasteiger partial charge in [-0.15, -0.1) is 0 Å². The lowest BCUT2D eigenvalue weighted by molar-refractivity contribution is -0.0397. The molecule has 6 heteroatoms. The van der Waals surface area contributed by atoms with E-state index in [9.17, 15) is 13.2 Å². The van der Waals surface area contributed by atoms with Gasteiger partial charge in [0, 0.05) is 6.42 Å². The number of benzene rings is 1. The van der Waals surface area contributed by atoms with E-state index in [0.29, 0.717) is 0 Å². The van der Waals surface area contributed by atoms with Crippen molar-refractivity contribution in [1.29, 1.82) is 0 Å². The number of aliphatic hydroxyl groups excluding tert-OH is 1. The summed E-state index contributed by atoms with van der Waals surface area (Å²) in [4.78, 5) is 0. The van der Waals surface area contributed by atoms with E-state index in [2.05, 4.69) is 11.6 Å². The second-order valence-corrected chi connectivity index (χ2v) is 3.86. The van der Waals surface area contributed by atoms with Crippen molar-refractivity contribution in [3.8, 4) is 0 Å². The molecule has 0 spiro atoms. The molecule has 0 amide bonds. The van der Waals surface area contributed by atoms with Crippen LogP contribution in [0.4, 0.5) is 13.2 Å². The number of halogens is 5. The van der Waals surface area contributed by atoms with Gasteiger partial charge >= 0.3 is 5.38 Å². The third-order valence-corrected chi connectivity index (χ3v) is 2.50. The molecule has 1 aromatic carbocycles. The Bertz CT molecular complexity index is 352. The predicted molar refractivity (Wildman–Crippen MR) is 51.9 cm³/mol. The summed E-state index contributed by atoms with van der Waals surface area (Å²) in [5.41, 5.74) is 0.0875. The molecule has 0 saturated heterocycles. The Balaban J connectivity index is 2.86. The van der Waals surface area contributed by atoms with Gasteiger partial charge in [-0.25, -0.2) is 4.39 Å². The van der Waals surface area contributed by atoms with Gasteiger partial charge in [0.15, 0.2) is 0 Å². The molecule has 0 saturated carbocycles. The Morgan fingerprint density at radius 1 is 1.40 bits per heavy atom. The standard InChI is InChI=1S/C9H7Cl2F3O/c10-8-5(2-1-3-6(8)12)4-7(15)9(11,13)14/h1-3,7,15H,4H2. The van der Waals surface area contributed by atoms with Crippen molar-refractivity contribution in [1.82, 2.24) is 0 Å². The van der Waals surface area contributed by atoms with Gasteiger partial charge in [-0.1, -0.05) is 23.7 Å². The van der Waals surface area contributed by atoms with Crippen molar-refractivity contribution in [3.05, 3.63) is 34.6 Å². The molecule has 1 unspecified atom stereocenters. The number of hydrogen-bond acceptors (Lipinski definition) is 1. The van der Waals surface area contributed by atoms with Crippen LogP contribution >= 0.6 is 23.2 Å². The maximum atomic E-state index is 12.9. The second-order valence-electron chi connectivity index (χ2n) is 2.97. The number of rotatable bonds is 3. The molecule has 0 fully saturated rings. The SMILES string of the molecule is OC(Cc1cccc(F)c1Cl)C(F)(F)Cl. The van der Waals surface area contributed by atoms with Gasteiger partial charge in [0.25, 0.3) is 0 Å². The van der Waals surface area contributed by atoms with Crippen LogP contribution in [0.5, 0.6) is 0 Å². The number of alkyl halides is 3. The third kappa shape index (κ3) is 3.26. The van der Waals surface area contributed by atoms with Crippen molar-refractivity contribution < 1.29 is 18.3 Å². The normalized spacial score (nSPS) is 14.0. The molecule has 0 aliphatic rings. The van der Waals surface area contributed by atoms with E-state index in [4.69, 9.17) is 16.7 Å². The van der Waals surface area contributed by atoms with Crippen molar-refractivity contribution in [3.63, 3.8) is 0 Å². The minimum Gasteiger partial charge on any atom is -0.385 e. The Morgan fingerprint density at radius 3 is 2.53 bits per heavy atom. The van der Waals surface area contributed by atoms with E-state index >= 15 is 0 Å². The highest BCUT2D eigenvalue weighted by molar-refractivity contribution is 6.31. The monoisotopic (exact) mass is 258 g/mol. The molecule has 1 atom stereocenters. The zero-order chi connectivity index (χ0) is 11.6. The lowest BCUT2D eigenvalue weighted by atomic mass is 10.1. The van der Waals surface area contributed by atoms with Crippen molar-refractivity contribution in [2.45, 2.75) is 17.9 Å². The molecule has 1 aromatic rings. The minimum atomic E-state index is -3.75. The first-order valence-corrected chi connectivity index (χ1v) is 4.75. The van der Waals surface area contributed by atoms with Crippen LogP contribution in [0, 0.1) is 5.82 Å². The Hall–Kier alpha value is -0.450. The summed E-state index contributed by atoms with van der Waals surface area (Å²) in [7, 11) is 0. The minimum absolute atomic E-state index is 0.0875. The van der Waals surface area contributed by atoms with Crippen LogP contribution in [-0.4, -0.2) is 16.6 Å². The fourth-order valence-corrected chi connectivity index (χ4v) is 1.31. The fourth-order valence-electron chi connectivity index (χ4n) is 1.03. The maximum absolute atomic E-state index is 12.9. The fraction of sp³-hybridized carbons (Fsp3) is 0.333. The molecular formula is C9H7Cl2F3O. The molecular weight excluding hydrogens is 252 g/mol. The van der Waals surface area contributed by atoms with Crippen LogP contribution in [0.2, 0.25) is 5.02 Å². The molecule has 84 valence electrons. The van der Waals surface area contributed by atoms with Gasteiger partial charge < -0.3 is 5.11 Å². The summed E-state index contributed by atoms with van der Waals surface area (Å²) in [5.74, 6) is -0.723. The zero-order valence-corrected chi connectivity index (χ0v) is 8.87. The topological polar surface area (TPSA) is 20.2 Å². The second kappa shape index (κ2) is 4.60. The van der Waals surface area contributed by atoms with Crippen molar-refractivity contribution >= 4 is 23.2 Å². The van der Waals surface area contributed by atoms with Gasteiger partial charge in [-0.05, 0) is 23.2 Å². The van der Waals surface area contributed by atoms with E-state index in [1.807, 2.05) is 0 Å². The quantitative estimate of drug-likeness (QED) is 0.826. The van der Waals surface area contributed by atoms with Gasteiger partial charge in [-0.2, -0.15) is 8.78 Å². The van der Waals surface area contributed by atoms with Crippen molar-refractivity contribution in [2.24, 2.45) is 0 Å². The van der Waals surface area contributed by atoms with Crippen LogP contribution < -0.4 is 0 Å². The average molecular weight is 259 g/mol. The Labute approximate surface area is 94.4 Å². The summed E-state index contributed by atoms with van der Waals surface area (Å²) in [6.45, 7) is 0. The molecule has 0 aliphatic carbocycles. The molecule has 0 aromatic heterocycles. The lowest BCUT2D eigenvalue weighted by Crippen LogP contribution is -2.29. The first-order chi connectivity index (χ1) is 6.82. The molecule has 1 rings (SSSR count). The first-order valence-electron chi connectivity index (χ1n) is 4.00. The van der Waals surface area contributed by atoms with E-state index in [0.717, 1.165) is 6.07 Å². The Kier molecular flexibility index (Phi) is 3.87. The summed E-state index contributed by atoms with van der Waals surface area (Å²) in [6, 6.07) is 3.75. The first kappa shape index (κ1) is 12.6. The Morgan fingerprint density at radius 2 is 2.00 bits per heavy atom. The molecule has 0 heterocycles. The highest BCUT2D eigenvalue weighted by Gasteiger charge is 2.35. The van der Waals surface area contributed by atoms with Crippen LogP contribution in [0.15, 0.2) is 18.2 Å². The highest BCUT2D eigenvalue weighted by Crippen LogP contribution is 2.28. The van der Waals surface area contributed by atoms with Gasteiger partial charge in [0.05, 0.1) is 5.02 Å². The summed E-state index contributed by atoms with van der Waals surface area (Å²) >= 11 is 10.1. The molecule has 0 aliphatic heterocycles. The largest absolute Gasteiger partial charge is 0.385 e. The number of aliphatic hydroxyl groups is 1. The smallest absolute Gasteiger partial charge is 0.347 e. The highest BCUT2D eigenvalue weighted by atomic mass is 35.5. The van der Waals surface area contributed by atoms with Crippen molar-refractivity contribution in [2.75, 3.05) is 0 Å². The summed E-state index contributed by atoms with van der Waals surface area (Å²) < 4.78 is 37.7. The van der Waals surface area contributed by atoms with Crippen LogP contribution in [0.1, 0.15) is 5.56 Å². The molecule has 1 nitrogen and oxygen atoms in total. The van der Waals surface area contributed by atoms with E-state index in [-0.39, 0.29) is 10.6 Å². The summed E-state index contributed by atoms with van der Waals surface area (Å²) in [5, 5.41) is 4.96. The lowest BCUT2D eigenvalue weighted by Gasteiger charge is -2.16.